The van der Waals surface area contributed by atoms with Crippen LogP contribution in [0.1, 0.15) is 63.9 Å². The van der Waals surface area contributed by atoms with E-state index in [2.05, 4.69) is 54.4 Å². The molecule has 0 radical (unpaired) electrons. The van der Waals surface area contributed by atoms with Gasteiger partial charge < -0.3 is 10.6 Å². The van der Waals surface area contributed by atoms with Crippen LogP contribution in [0.3, 0.4) is 0 Å². The molecule has 2 N–H and O–H groups in total. The van der Waals surface area contributed by atoms with E-state index in [9.17, 15) is 0 Å². The highest BCUT2D eigenvalue weighted by atomic mass is 15.1. The summed E-state index contributed by atoms with van der Waals surface area (Å²) < 4.78 is 0. The highest BCUT2D eigenvalue weighted by Crippen LogP contribution is 2.20. The number of anilines is 1. The molecule has 2 heterocycles. The van der Waals surface area contributed by atoms with Gasteiger partial charge in [0.2, 0.25) is 0 Å². The standard InChI is InChI=1S/C15H26N4/c1-10(2)13-9-14(19-15(18-13)11(3)4)17-12-5-7-16-8-6-12/h9-12,16H,5-8H2,1-4H3,(H,17,18,19). The van der Waals surface area contributed by atoms with E-state index >= 15 is 0 Å². The molecule has 0 atom stereocenters. The molecule has 0 amide bonds. The van der Waals surface area contributed by atoms with Gasteiger partial charge in [0.05, 0.1) is 0 Å². The Morgan fingerprint density at radius 3 is 2.37 bits per heavy atom. The molecule has 19 heavy (non-hydrogen) atoms. The monoisotopic (exact) mass is 262 g/mol. The fourth-order valence-corrected chi connectivity index (χ4v) is 2.29. The summed E-state index contributed by atoms with van der Waals surface area (Å²) in [6.07, 6.45) is 2.33. The van der Waals surface area contributed by atoms with Gasteiger partial charge in [0.25, 0.3) is 0 Å². The average molecular weight is 262 g/mol. The summed E-state index contributed by atoms with van der Waals surface area (Å²) in [6, 6.07) is 2.65. The first kappa shape index (κ1) is 14.3. The molecule has 0 aromatic carbocycles. The first-order valence-corrected chi connectivity index (χ1v) is 7.42. The van der Waals surface area contributed by atoms with Gasteiger partial charge in [-0.15, -0.1) is 0 Å². The van der Waals surface area contributed by atoms with E-state index in [1.54, 1.807) is 0 Å². The molecule has 2 rings (SSSR count). The lowest BCUT2D eigenvalue weighted by atomic mass is 10.1. The van der Waals surface area contributed by atoms with Gasteiger partial charge in [-0.25, -0.2) is 9.97 Å². The summed E-state index contributed by atoms with van der Waals surface area (Å²) in [5, 5.41) is 6.97. The molecule has 0 unspecified atom stereocenters. The van der Waals surface area contributed by atoms with Crippen LogP contribution in [0.25, 0.3) is 0 Å². The van der Waals surface area contributed by atoms with Crippen LogP contribution in [-0.2, 0) is 0 Å². The number of rotatable bonds is 4. The van der Waals surface area contributed by atoms with Crippen molar-refractivity contribution >= 4 is 5.82 Å². The number of nitrogens with one attached hydrogen (secondary N) is 2. The van der Waals surface area contributed by atoms with E-state index in [1.165, 1.54) is 0 Å². The lowest BCUT2D eigenvalue weighted by Gasteiger charge is -2.25. The normalized spacial score (nSPS) is 17.2. The van der Waals surface area contributed by atoms with Crippen LogP contribution in [0.4, 0.5) is 5.82 Å². The van der Waals surface area contributed by atoms with Gasteiger partial charge >= 0.3 is 0 Å². The topological polar surface area (TPSA) is 49.8 Å². The van der Waals surface area contributed by atoms with Crippen molar-refractivity contribution in [2.24, 2.45) is 0 Å². The van der Waals surface area contributed by atoms with Gasteiger partial charge in [0, 0.05) is 23.7 Å². The van der Waals surface area contributed by atoms with Gasteiger partial charge in [0.1, 0.15) is 11.6 Å². The Hall–Kier alpha value is -1.16. The van der Waals surface area contributed by atoms with Gasteiger partial charge in [0.15, 0.2) is 0 Å². The Bertz CT molecular complexity index is 382. The number of hydrogen-bond acceptors (Lipinski definition) is 4. The third kappa shape index (κ3) is 3.90. The molecule has 0 bridgehead atoms. The minimum atomic E-state index is 0.368. The first-order chi connectivity index (χ1) is 9.06. The molecule has 0 aliphatic carbocycles. The summed E-state index contributed by atoms with van der Waals surface area (Å²) in [6.45, 7) is 10.8. The van der Waals surface area contributed by atoms with Crippen molar-refractivity contribution in [2.45, 2.75) is 58.4 Å². The van der Waals surface area contributed by atoms with Gasteiger partial charge in [-0.05, 0) is 31.8 Å². The first-order valence-electron chi connectivity index (χ1n) is 7.42. The predicted octanol–water partition coefficient (Wildman–Crippen LogP) is 2.89. The minimum Gasteiger partial charge on any atom is -0.367 e. The van der Waals surface area contributed by atoms with Crippen molar-refractivity contribution in [2.75, 3.05) is 18.4 Å². The molecule has 1 saturated heterocycles. The second-order valence-electron chi connectivity index (χ2n) is 6.01. The van der Waals surface area contributed by atoms with Crippen molar-refractivity contribution in [3.05, 3.63) is 17.6 Å². The maximum atomic E-state index is 4.67. The number of nitrogens with zero attached hydrogens (tertiary/aromatic N) is 2. The molecule has 4 heteroatoms. The third-order valence-corrected chi connectivity index (χ3v) is 3.56. The van der Waals surface area contributed by atoms with Crippen LogP contribution in [0.5, 0.6) is 0 Å². The number of hydrogen-bond donors (Lipinski definition) is 2. The smallest absolute Gasteiger partial charge is 0.133 e. The van der Waals surface area contributed by atoms with Crippen LogP contribution in [0.2, 0.25) is 0 Å². The molecule has 1 aliphatic rings. The second kappa shape index (κ2) is 6.33. The van der Waals surface area contributed by atoms with E-state index in [0.29, 0.717) is 17.9 Å². The summed E-state index contributed by atoms with van der Waals surface area (Å²) in [5.74, 6) is 2.75. The minimum absolute atomic E-state index is 0.368. The second-order valence-corrected chi connectivity index (χ2v) is 6.01. The van der Waals surface area contributed by atoms with Crippen molar-refractivity contribution in [1.29, 1.82) is 0 Å². The molecule has 1 fully saturated rings. The van der Waals surface area contributed by atoms with Crippen molar-refractivity contribution in [1.82, 2.24) is 15.3 Å². The van der Waals surface area contributed by atoms with Gasteiger partial charge in [-0.3, -0.25) is 0 Å². The molecule has 1 aliphatic heterocycles. The van der Waals surface area contributed by atoms with E-state index in [0.717, 1.165) is 43.3 Å². The maximum Gasteiger partial charge on any atom is 0.133 e. The zero-order valence-corrected chi connectivity index (χ0v) is 12.5. The summed E-state index contributed by atoms with van der Waals surface area (Å²) >= 11 is 0. The van der Waals surface area contributed by atoms with Crippen LogP contribution in [0, 0.1) is 0 Å². The molecule has 1 aromatic rings. The molecule has 1 aromatic heterocycles. The molecule has 106 valence electrons. The maximum absolute atomic E-state index is 4.67. The Kier molecular flexibility index (Phi) is 4.75. The largest absolute Gasteiger partial charge is 0.367 e. The lowest BCUT2D eigenvalue weighted by molar-refractivity contribution is 0.478. The van der Waals surface area contributed by atoms with E-state index in [1.807, 2.05) is 0 Å². The van der Waals surface area contributed by atoms with E-state index in [4.69, 9.17) is 0 Å². The summed E-state index contributed by atoms with van der Waals surface area (Å²) in [4.78, 5) is 9.33. The third-order valence-electron chi connectivity index (χ3n) is 3.56. The van der Waals surface area contributed by atoms with Gasteiger partial charge in [-0.2, -0.15) is 0 Å². The zero-order chi connectivity index (χ0) is 13.8. The molecular formula is C15H26N4. The molecular weight excluding hydrogens is 236 g/mol. The SMILES string of the molecule is CC(C)c1cc(NC2CCNCC2)nc(C(C)C)n1. The number of aromatic nitrogens is 2. The quantitative estimate of drug-likeness (QED) is 0.876. The molecule has 4 nitrogen and oxygen atoms in total. The Morgan fingerprint density at radius 1 is 1.11 bits per heavy atom. The van der Waals surface area contributed by atoms with Crippen LogP contribution in [-0.4, -0.2) is 29.1 Å². The van der Waals surface area contributed by atoms with E-state index < -0.39 is 0 Å². The van der Waals surface area contributed by atoms with Crippen molar-refractivity contribution in [3.8, 4) is 0 Å². The van der Waals surface area contributed by atoms with E-state index in [-0.39, 0.29) is 0 Å². The Morgan fingerprint density at radius 2 is 1.79 bits per heavy atom. The van der Waals surface area contributed by atoms with Crippen LogP contribution in [0.15, 0.2) is 6.07 Å². The molecule has 0 spiro atoms. The molecule has 0 saturated carbocycles. The fourth-order valence-electron chi connectivity index (χ4n) is 2.29. The summed E-state index contributed by atoms with van der Waals surface area (Å²) in [7, 11) is 0. The van der Waals surface area contributed by atoms with Crippen LogP contribution < -0.4 is 10.6 Å². The highest BCUT2D eigenvalue weighted by Gasteiger charge is 2.15. The Balaban J connectivity index is 2.18. The Labute approximate surface area is 116 Å². The van der Waals surface area contributed by atoms with Crippen molar-refractivity contribution < 1.29 is 0 Å². The fraction of sp³-hybridized carbons (Fsp3) is 0.733. The highest BCUT2D eigenvalue weighted by molar-refractivity contribution is 5.38. The lowest BCUT2D eigenvalue weighted by Crippen LogP contribution is -2.35. The van der Waals surface area contributed by atoms with Crippen LogP contribution >= 0.6 is 0 Å². The van der Waals surface area contributed by atoms with Gasteiger partial charge in [-0.1, -0.05) is 27.7 Å². The number of piperidine rings is 1. The average Bonchev–Trinajstić information content (AvgIpc) is 2.39. The predicted molar refractivity (Wildman–Crippen MR) is 79.7 cm³/mol. The zero-order valence-electron chi connectivity index (χ0n) is 12.5. The summed E-state index contributed by atoms with van der Waals surface area (Å²) in [5.41, 5.74) is 1.13. The van der Waals surface area contributed by atoms with Crippen molar-refractivity contribution in [3.63, 3.8) is 0 Å².